The van der Waals surface area contributed by atoms with Crippen LogP contribution in [0.1, 0.15) is 13.3 Å². The summed E-state index contributed by atoms with van der Waals surface area (Å²) in [6.07, 6.45) is 1.53. The molecule has 0 heterocycles. The third-order valence-electron chi connectivity index (χ3n) is 1.54. The normalized spacial score (nSPS) is 11.3. The maximum Gasteiger partial charge on any atom is 0.222 e. The van der Waals surface area contributed by atoms with Crippen molar-refractivity contribution in [3.05, 3.63) is 0 Å². The van der Waals surface area contributed by atoms with Gasteiger partial charge in [-0.2, -0.15) is 0 Å². The zero-order chi connectivity index (χ0) is 10.5. The highest BCUT2D eigenvalue weighted by Crippen LogP contribution is 1.88. The van der Waals surface area contributed by atoms with Crippen molar-refractivity contribution in [1.82, 2.24) is 9.62 Å². The van der Waals surface area contributed by atoms with Gasteiger partial charge in [0, 0.05) is 26.6 Å². The molecule has 0 aromatic rings. The third-order valence-corrected chi connectivity index (χ3v) is 2.27. The molecule has 0 spiro atoms. The number of hydrogen-bond donors (Lipinski definition) is 1. The topological polar surface area (TPSA) is 66.5 Å². The largest absolute Gasteiger partial charge is 0.344 e. The van der Waals surface area contributed by atoms with Crippen LogP contribution < -0.4 is 4.72 Å². The molecule has 0 atom stereocenters. The number of carbonyl (C=O) groups is 1. The van der Waals surface area contributed by atoms with Gasteiger partial charge in [-0.25, -0.2) is 13.1 Å². The van der Waals surface area contributed by atoms with E-state index in [1.165, 1.54) is 4.90 Å². The van der Waals surface area contributed by atoms with Crippen LogP contribution in [0.15, 0.2) is 0 Å². The molecule has 1 N–H and O–H groups in total. The van der Waals surface area contributed by atoms with Gasteiger partial charge < -0.3 is 4.90 Å². The fourth-order valence-corrected chi connectivity index (χ4v) is 1.26. The predicted molar refractivity (Wildman–Crippen MR) is 50.8 cm³/mol. The molecule has 1 amide bonds. The summed E-state index contributed by atoms with van der Waals surface area (Å²) < 4.78 is 23.6. The average Bonchev–Trinajstić information content (AvgIpc) is 2.00. The summed E-state index contributed by atoms with van der Waals surface area (Å²) in [6.45, 7) is 2.43. The van der Waals surface area contributed by atoms with E-state index in [0.717, 1.165) is 6.26 Å². The predicted octanol–water partition coefficient (Wildman–Crippen LogP) is -0.596. The van der Waals surface area contributed by atoms with Crippen molar-refractivity contribution in [2.24, 2.45) is 0 Å². The summed E-state index contributed by atoms with van der Waals surface area (Å²) in [4.78, 5) is 12.5. The van der Waals surface area contributed by atoms with E-state index in [-0.39, 0.29) is 12.5 Å². The van der Waals surface area contributed by atoms with Crippen LogP contribution in [0.5, 0.6) is 0 Å². The van der Waals surface area contributed by atoms with Crippen molar-refractivity contribution in [1.29, 1.82) is 0 Å². The number of carbonyl (C=O) groups excluding carboxylic acids is 1. The molecule has 0 aliphatic heterocycles. The number of amides is 1. The van der Waals surface area contributed by atoms with Gasteiger partial charge in [0.2, 0.25) is 15.9 Å². The van der Waals surface area contributed by atoms with Crippen LogP contribution in [0.2, 0.25) is 0 Å². The Labute approximate surface area is 79.2 Å². The Morgan fingerprint density at radius 3 is 2.38 bits per heavy atom. The molecule has 0 unspecified atom stereocenters. The van der Waals surface area contributed by atoms with Gasteiger partial charge in [0.1, 0.15) is 0 Å². The first-order valence-corrected chi connectivity index (χ1v) is 5.94. The number of hydrogen-bond acceptors (Lipinski definition) is 3. The molecule has 0 fully saturated rings. The average molecular weight is 208 g/mol. The van der Waals surface area contributed by atoms with Gasteiger partial charge in [0.25, 0.3) is 0 Å². The van der Waals surface area contributed by atoms with Crippen LogP contribution in [-0.4, -0.2) is 45.6 Å². The first-order chi connectivity index (χ1) is 5.87. The lowest BCUT2D eigenvalue weighted by Gasteiger charge is -2.15. The number of rotatable bonds is 5. The van der Waals surface area contributed by atoms with Crippen LogP contribution in [0.25, 0.3) is 0 Å². The number of likely N-dealkylation sites (N-methyl/N-ethyl adjacent to an activating group) is 1. The molecule has 0 saturated heterocycles. The lowest BCUT2D eigenvalue weighted by molar-refractivity contribution is -0.129. The van der Waals surface area contributed by atoms with E-state index >= 15 is 0 Å². The molecule has 0 aromatic heterocycles. The SMILES string of the molecule is CCC(=O)N(C)CCNS(C)(=O)=O. The monoisotopic (exact) mass is 208 g/mol. The van der Waals surface area contributed by atoms with Gasteiger partial charge in [0.15, 0.2) is 0 Å². The Morgan fingerprint density at radius 1 is 1.46 bits per heavy atom. The summed E-state index contributed by atoms with van der Waals surface area (Å²) in [6, 6.07) is 0. The van der Waals surface area contributed by atoms with Gasteiger partial charge in [-0.15, -0.1) is 0 Å². The molecule has 78 valence electrons. The molecule has 0 rings (SSSR count). The van der Waals surface area contributed by atoms with Crippen molar-refractivity contribution in [3.63, 3.8) is 0 Å². The Bertz CT molecular complexity index is 261. The van der Waals surface area contributed by atoms with Gasteiger partial charge in [0.05, 0.1) is 6.26 Å². The highest BCUT2D eigenvalue weighted by atomic mass is 32.2. The molecule has 0 aromatic carbocycles. The Kier molecular flexibility index (Phi) is 4.94. The fourth-order valence-electron chi connectivity index (χ4n) is 0.793. The molecule has 5 nitrogen and oxygen atoms in total. The number of nitrogens with one attached hydrogen (secondary N) is 1. The lowest BCUT2D eigenvalue weighted by Crippen LogP contribution is -2.35. The summed E-state index contributed by atoms with van der Waals surface area (Å²) in [5, 5.41) is 0. The van der Waals surface area contributed by atoms with E-state index in [1.807, 2.05) is 0 Å². The molecule has 6 heteroatoms. The maximum absolute atomic E-state index is 11.0. The molecule has 0 radical (unpaired) electrons. The lowest BCUT2D eigenvalue weighted by atomic mass is 10.4. The van der Waals surface area contributed by atoms with Crippen molar-refractivity contribution in [2.75, 3.05) is 26.4 Å². The second-order valence-corrected chi connectivity index (χ2v) is 4.67. The molecule has 13 heavy (non-hydrogen) atoms. The maximum atomic E-state index is 11.0. The van der Waals surface area contributed by atoms with Crippen LogP contribution in [-0.2, 0) is 14.8 Å². The standard InChI is InChI=1S/C7H16N2O3S/c1-4-7(10)9(2)6-5-8-13(3,11)12/h8H,4-6H2,1-3H3. The molecule has 0 saturated carbocycles. The Hall–Kier alpha value is -0.620. The van der Waals surface area contributed by atoms with Crippen LogP contribution >= 0.6 is 0 Å². The van der Waals surface area contributed by atoms with Gasteiger partial charge in [-0.05, 0) is 0 Å². The molecule has 0 bridgehead atoms. The minimum Gasteiger partial charge on any atom is -0.344 e. The number of sulfonamides is 1. The van der Waals surface area contributed by atoms with Crippen molar-refractivity contribution < 1.29 is 13.2 Å². The minimum absolute atomic E-state index is 0.00954. The molecular formula is C7H16N2O3S. The highest BCUT2D eigenvalue weighted by molar-refractivity contribution is 7.88. The van der Waals surface area contributed by atoms with E-state index in [2.05, 4.69) is 4.72 Å². The second kappa shape index (κ2) is 5.18. The van der Waals surface area contributed by atoms with Gasteiger partial charge in [-0.1, -0.05) is 6.92 Å². The third kappa shape index (κ3) is 6.53. The zero-order valence-corrected chi connectivity index (χ0v) is 9.02. The van der Waals surface area contributed by atoms with Crippen molar-refractivity contribution >= 4 is 15.9 Å². The Morgan fingerprint density at radius 2 is 2.00 bits per heavy atom. The highest BCUT2D eigenvalue weighted by Gasteiger charge is 2.06. The van der Waals surface area contributed by atoms with Crippen LogP contribution in [0, 0.1) is 0 Å². The molecular weight excluding hydrogens is 192 g/mol. The minimum atomic E-state index is -3.14. The molecule has 0 aliphatic carbocycles. The Balaban J connectivity index is 3.72. The van der Waals surface area contributed by atoms with Crippen LogP contribution in [0.3, 0.4) is 0 Å². The smallest absolute Gasteiger partial charge is 0.222 e. The summed E-state index contributed by atoms with van der Waals surface area (Å²) in [7, 11) is -1.49. The van der Waals surface area contributed by atoms with Gasteiger partial charge in [-0.3, -0.25) is 4.79 Å². The summed E-state index contributed by atoms with van der Waals surface area (Å²) in [5.74, 6) is 0.00954. The van der Waals surface area contributed by atoms with E-state index in [9.17, 15) is 13.2 Å². The summed E-state index contributed by atoms with van der Waals surface area (Å²) >= 11 is 0. The number of nitrogens with zero attached hydrogens (tertiary/aromatic N) is 1. The van der Waals surface area contributed by atoms with Gasteiger partial charge >= 0.3 is 0 Å². The van der Waals surface area contributed by atoms with Crippen LogP contribution in [0.4, 0.5) is 0 Å². The van der Waals surface area contributed by atoms with Crippen molar-refractivity contribution in [2.45, 2.75) is 13.3 Å². The van der Waals surface area contributed by atoms with E-state index in [4.69, 9.17) is 0 Å². The van der Waals surface area contributed by atoms with E-state index < -0.39 is 10.0 Å². The van der Waals surface area contributed by atoms with Crippen molar-refractivity contribution in [3.8, 4) is 0 Å². The first kappa shape index (κ1) is 12.4. The molecule has 0 aliphatic rings. The fraction of sp³-hybridized carbons (Fsp3) is 0.857. The summed E-state index contributed by atoms with van der Waals surface area (Å²) in [5.41, 5.74) is 0. The zero-order valence-electron chi connectivity index (χ0n) is 8.20. The van der Waals surface area contributed by atoms with E-state index in [1.54, 1.807) is 14.0 Å². The first-order valence-electron chi connectivity index (χ1n) is 4.05. The quantitative estimate of drug-likeness (QED) is 0.656. The second-order valence-electron chi connectivity index (χ2n) is 2.84. The van der Waals surface area contributed by atoms with E-state index in [0.29, 0.717) is 13.0 Å².